The molecule has 0 aliphatic heterocycles. The van der Waals surface area contributed by atoms with Gasteiger partial charge in [-0.25, -0.2) is 0 Å². The molecule has 0 unspecified atom stereocenters. The molecule has 0 N–H and O–H groups in total. The topological polar surface area (TPSA) is 49.0 Å². The van der Waals surface area contributed by atoms with Crippen molar-refractivity contribution >= 4 is 87.6 Å². The molecule has 0 spiro atoms. The number of hydrogen-bond donors (Lipinski definition) is 0. The summed E-state index contributed by atoms with van der Waals surface area (Å²) in [5.41, 5.74) is 15.7. The van der Waals surface area contributed by atoms with Crippen LogP contribution < -0.4 is 0 Å². The van der Waals surface area contributed by atoms with Crippen molar-refractivity contribution in [3.63, 3.8) is 0 Å². The molecule has 58 heavy (non-hydrogen) atoms. The first kappa shape index (κ1) is 31.3. The third kappa shape index (κ3) is 4.44. The van der Waals surface area contributed by atoms with Crippen LogP contribution in [0, 0.1) is 0 Å². The Morgan fingerprint density at radius 1 is 0.328 bits per heavy atom. The molecule has 5 aromatic heterocycles. The monoisotopic (exact) mass is 741 g/mol. The van der Waals surface area contributed by atoms with Crippen LogP contribution in [0.25, 0.3) is 121 Å². The maximum absolute atomic E-state index is 6.23. The average Bonchev–Trinajstić information content (AvgIpc) is 4.03. The van der Waals surface area contributed by atoms with E-state index in [2.05, 4.69) is 167 Å². The van der Waals surface area contributed by atoms with Crippen molar-refractivity contribution in [3.8, 4) is 33.6 Å². The van der Waals surface area contributed by atoms with E-state index in [1.54, 1.807) is 0 Å². The number of para-hydroxylation sites is 4. The van der Waals surface area contributed by atoms with E-state index in [0.29, 0.717) is 0 Å². The van der Waals surface area contributed by atoms with Gasteiger partial charge in [0, 0.05) is 55.3 Å². The van der Waals surface area contributed by atoms with Gasteiger partial charge < -0.3 is 18.0 Å². The van der Waals surface area contributed by atoms with Crippen molar-refractivity contribution in [3.05, 3.63) is 188 Å². The Hall–Kier alpha value is -7.89. The number of hydrogen-bond acceptors (Lipinski definition) is 3. The fourth-order valence-electron chi connectivity index (χ4n) is 9.39. The predicted octanol–water partition coefficient (Wildman–Crippen LogP) is 14.4. The molecule has 8 aromatic carbocycles. The van der Waals surface area contributed by atoms with E-state index in [-0.39, 0.29) is 0 Å². The van der Waals surface area contributed by atoms with Crippen LogP contribution in [0.4, 0.5) is 0 Å². The van der Waals surface area contributed by atoms with Gasteiger partial charge in [-0.1, -0.05) is 84.9 Å². The van der Waals surface area contributed by atoms with Crippen molar-refractivity contribution < 1.29 is 8.83 Å². The third-order valence-electron chi connectivity index (χ3n) is 12.0. The molecule has 0 saturated heterocycles. The highest BCUT2D eigenvalue weighted by Crippen LogP contribution is 2.44. The number of furan rings is 2. The maximum atomic E-state index is 6.23. The average molecular weight is 742 g/mol. The standard InChI is InChI=1S/C53H31N3O2/c1-2-11-34(12-3-1)55-45-16-7-5-14-37(45)42-30-39(33-21-24-51-44(28-33)53-52(58-51)19-10-26-54-53)40(31-48(42)55)32-20-23-47-41(27-32)36-13-4-8-17-46(36)56(47)35-22-25-50-43(29-35)38-15-6-9-18-49(38)57-50/h1-31H. The van der Waals surface area contributed by atoms with Crippen LogP contribution in [-0.2, 0) is 0 Å². The van der Waals surface area contributed by atoms with Gasteiger partial charge in [0.15, 0.2) is 5.58 Å². The van der Waals surface area contributed by atoms with Gasteiger partial charge in [0.2, 0.25) is 0 Å². The minimum atomic E-state index is 0.790. The van der Waals surface area contributed by atoms with Gasteiger partial charge in [0.1, 0.15) is 22.3 Å². The molecule has 0 amide bonds. The largest absolute Gasteiger partial charge is 0.456 e. The number of pyridine rings is 1. The molecule has 0 bridgehead atoms. The van der Waals surface area contributed by atoms with Crippen molar-refractivity contribution in [1.29, 1.82) is 0 Å². The van der Waals surface area contributed by atoms with Gasteiger partial charge in [-0.05, 0) is 119 Å². The van der Waals surface area contributed by atoms with Gasteiger partial charge >= 0.3 is 0 Å². The van der Waals surface area contributed by atoms with Crippen molar-refractivity contribution in [2.45, 2.75) is 0 Å². The van der Waals surface area contributed by atoms with E-state index in [1.165, 1.54) is 27.1 Å². The SMILES string of the molecule is c1ccc(-n2c3ccccc3c3cc(-c4ccc5oc6cccnc6c5c4)c(-c4ccc5c(c4)c4ccccc4n5-c4ccc5oc6ccccc6c5c4)cc32)cc1. The zero-order valence-corrected chi connectivity index (χ0v) is 31.1. The smallest absolute Gasteiger partial charge is 0.153 e. The quantitative estimate of drug-likeness (QED) is 0.180. The lowest BCUT2D eigenvalue weighted by atomic mass is 9.91. The Kier molecular flexibility index (Phi) is 6.38. The molecule has 0 saturated carbocycles. The van der Waals surface area contributed by atoms with Crippen molar-refractivity contribution in [1.82, 2.24) is 14.1 Å². The van der Waals surface area contributed by atoms with E-state index in [4.69, 9.17) is 13.8 Å². The Bertz CT molecular complexity index is 3810. The molecule has 13 rings (SSSR count). The first-order chi connectivity index (χ1) is 28.7. The van der Waals surface area contributed by atoms with Crippen LogP contribution in [0.3, 0.4) is 0 Å². The minimum Gasteiger partial charge on any atom is -0.456 e. The normalized spacial score (nSPS) is 12.1. The summed E-state index contributed by atoms with van der Waals surface area (Å²) in [5.74, 6) is 0. The first-order valence-corrected chi connectivity index (χ1v) is 19.6. The number of fused-ring (bicyclic) bond motifs is 12. The highest BCUT2D eigenvalue weighted by Gasteiger charge is 2.21. The lowest BCUT2D eigenvalue weighted by Crippen LogP contribution is -1.95. The summed E-state index contributed by atoms with van der Waals surface area (Å²) in [5, 5.41) is 8.05. The Labute approximate surface area is 331 Å². The van der Waals surface area contributed by atoms with Crippen LogP contribution in [0.15, 0.2) is 197 Å². The molecule has 5 heterocycles. The van der Waals surface area contributed by atoms with Crippen LogP contribution in [0.5, 0.6) is 0 Å². The lowest BCUT2D eigenvalue weighted by molar-refractivity contribution is 0.668. The molecule has 0 fully saturated rings. The van der Waals surface area contributed by atoms with E-state index < -0.39 is 0 Å². The van der Waals surface area contributed by atoms with Gasteiger partial charge in [0.05, 0.1) is 22.1 Å². The molecule has 13 aromatic rings. The Balaban J connectivity index is 1.09. The Morgan fingerprint density at radius 3 is 1.72 bits per heavy atom. The third-order valence-corrected chi connectivity index (χ3v) is 12.0. The fourth-order valence-corrected chi connectivity index (χ4v) is 9.39. The highest BCUT2D eigenvalue weighted by atomic mass is 16.3. The highest BCUT2D eigenvalue weighted by molar-refractivity contribution is 6.15. The van der Waals surface area contributed by atoms with Crippen LogP contribution >= 0.6 is 0 Å². The summed E-state index contributed by atoms with van der Waals surface area (Å²) in [6.07, 6.45) is 1.83. The van der Waals surface area contributed by atoms with Gasteiger partial charge in [-0.3, -0.25) is 4.98 Å². The molecular formula is C53H31N3O2. The first-order valence-electron chi connectivity index (χ1n) is 19.6. The lowest BCUT2D eigenvalue weighted by Gasteiger charge is -2.14. The Morgan fingerprint density at radius 2 is 0.897 bits per heavy atom. The second-order valence-corrected chi connectivity index (χ2v) is 15.1. The summed E-state index contributed by atoms with van der Waals surface area (Å²) in [6, 6.07) is 65.1. The molecule has 270 valence electrons. The molecular weight excluding hydrogens is 711 g/mol. The molecule has 0 radical (unpaired) electrons. The molecule has 0 aliphatic carbocycles. The molecule has 5 heteroatoms. The van der Waals surface area contributed by atoms with E-state index in [0.717, 1.165) is 94.2 Å². The van der Waals surface area contributed by atoms with E-state index in [1.807, 2.05) is 30.5 Å². The number of aromatic nitrogens is 3. The zero-order chi connectivity index (χ0) is 37.9. The fraction of sp³-hybridized carbons (Fsp3) is 0. The summed E-state index contributed by atoms with van der Waals surface area (Å²) >= 11 is 0. The summed E-state index contributed by atoms with van der Waals surface area (Å²) in [4.78, 5) is 4.73. The predicted molar refractivity (Wildman–Crippen MR) is 238 cm³/mol. The summed E-state index contributed by atoms with van der Waals surface area (Å²) in [6.45, 7) is 0. The van der Waals surface area contributed by atoms with Crippen molar-refractivity contribution in [2.24, 2.45) is 0 Å². The molecule has 5 nitrogen and oxygen atoms in total. The minimum absolute atomic E-state index is 0.790. The maximum Gasteiger partial charge on any atom is 0.153 e. The molecule has 0 aliphatic rings. The van der Waals surface area contributed by atoms with Crippen LogP contribution in [0.2, 0.25) is 0 Å². The number of benzene rings is 8. The van der Waals surface area contributed by atoms with Crippen molar-refractivity contribution in [2.75, 3.05) is 0 Å². The second kappa shape index (κ2) is 11.8. The zero-order valence-electron chi connectivity index (χ0n) is 31.1. The van der Waals surface area contributed by atoms with E-state index in [9.17, 15) is 0 Å². The van der Waals surface area contributed by atoms with Gasteiger partial charge in [-0.2, -0.15) is 0 Å². The summed E-state index contributed by atoms with van der Waals surface area (Å²) < 4.78 is 17.2. The number of nitrogens with zero attached hydrogens (tertiary/aromatic N) is 3. The van der Waals surface area contributed by atoms with Gasteiger partial charge in [-0.15, -0.1) is 0 Å². The van der Waals surface area contributed by atoms with Crippen LogP contribution in [0.1, 0.15) is 0 Å². The number of rotatable bonds is 4. The summed E-state index contributed by atoms with van der Waals surface area (Å²) in [7, 11) is 0. The van der Waals surface area contributed by atoms with E-state index >= 15 is 0 Å². The molecule has 0 atom stereocenters. The van der Waals surface area contributed by atoms with Gasteiger partial charge in [0.25, 0.3) is 0 Å². The van der Waals surface area contributed by atoms with Crippen LogP contribution in [-0.4, -0.2) is 14.1 Å². The second-order valence-electron chi connectivity index (χ2n) is 15.1.